The summed E-state index contributed by atoms with van der Waals surface area (Å²) in [4.78, 5) is 10.8. The molecule has 15 heavy (non-hydrogen) atoms. The highest BCUT2D eigenvalue weighted by atomic mass is 19.4. The Labute approximate surface area is 82.2 Å². The molecule has 1 rings (SSSR count). The highest BCUT2D eigenvalue weighted by Crippen LogP contribution is 2.27. The Bertz CT molecular complexity index is 347. The Balaban J connectivity index is 2.65. The van der Waals surface area contributed by atoms with Gasteiger partial charge in [0.2, 0.25) is 5.89 Å². The summed E-state index contributed by atoms with van der Waals surface area (Å²) in [5.41, 5.74) is 0. The maximum Gasteiger partial charge on any atom is 0.470 e. The molecule has 0 saturated heterocycles. The molecule has 0 aliphatic carbocycles. The summed E-state index contributed by atoms with van der Waals surface area (Å²) in [7, 11) is 0. The topological polar surface area (TPSA) is 65.2 Å². The van der Waals surface area contributed by atoms with Crippen molar-refractivity contribution in [3.63, 3.8) is 0 Å². The molecule has 0 fully saturated rings. The molecular formula is C7H7F3N2O3. The molecule has 0 aliphatic rings. The van der Waals surface area contributed by atoms with Gasteiger partial charge in [-0.25, -0.2) is 0 Å². The fourth-order valence-electron chi connectivity index (χ4n) is 0.775. The fourth-order valence-corrected chi connectivity index (χ4v) is 0.775. The van der Waals surface area contributed by atoms with Crippen LogP contribution < -0.4 is 0 Å². The van der Waals surface area contributed by atoms with E-state index >= 15 is 0 Å². The van der Waals surface area contributed by atoms with E-state index in [-0.39, 0.29) is 6.61 Å². The predicted molar refractivity (Wildman–Crippen MR) is 39.6 cm³/mol. The molecule has 8 heteroatoms. The van der Waals surface area contributed by atoms with E-state index in [1.165, 1.54) is 0 Å². The standard InChI is InChI=1S/C7H7F3N2O3/c1-2-14-5(13)3-4-11-12-6(15-4)7(8,9)10/h2-3H2,1H3. The van der Waals surface area contributed by atoms with E-state index in [1.807, 2.05) is 0 Å². The summed E-state index contributed by atoms with van der Waals surface area (Å²) >= 11 is 0. The predicted octanol–water partition coefficient (Wildman–Crippen LogP) is 1.19. The van der Waals surface area contributed by atoms with Crippen molar-refractivity contribution in [2.24, 2.45) is 0 Å². The second-order valence-electron chi connectivity index (χ2n) is 2.48. The Hall–Kier alpha value is -1.60. The molecule has 1 heterocycles. The van der Waals surface area contributed by atoms with Crippen LogP contribution in [0.15, 0.2) is 4.42 Å². The minimum atomic E-state index is -4.69. The van der Waals surface area contributed by atoms with Crippen LogP contribution in [0.2, 0.25) is 0 Å². The molecule has 0 bridgehead atoms. The second kappa shape index (κ2) is 4.28. The third kappa shape index (κ3) is 3.22. The number of esters is 1. The summed E-state index contributed by atoms with van der Waals surface area (Å²) in [6.45, 7) is 1.71. The number of nitrogens with zero attached hydrogens (tertiary/aromatic N) is 2. The van der Waals surface area contributed by atoms with Crippen molar-refractivity contribution in [2.45, 2.75) is 19.5 Å². The van der Waals surface area contributed by atoms with Gasteiger partial charge >= 0.3 is 18.0 Å². The van der Waals surface area contributed by atoms with Crippen molar-refractivity contribution in [2.75, 3.05) is 6.61 Å². The number of aromatic nitrogens is 2. The van der Waals surface area contributed by atoms with Crippen molar-refractivity contribution in [3.05, 3.63) is 11.8 Å². The van der Waals surface area contributed by atoms with E-state index in [1.54, 1.807) is 6.92 Å². The van der Waals surface area contributed by atoms with E-state index in [4.69, 9.17) is 0 Å². The van der Waals surface area contributed by atoms with Crippen molar-refractivity contribution in [1.82, 2.24) is 10.2 Å². The molecule has 0 N–H and O–H groups in total. The number of carbonyl (C=O) groups excluding carboxylic acids is 1. The van der Waals surface area contributed by atoms with E-state index in [0.29, 0.717) is 0 Å². The van der Waals surface area contributed by atoms with Crippen LogP contribution in [0.5, 0.6) is 0 Å². The number of alkyl halides is 3. The summed E-state index contributed by atoms with van der Waals surface area (Å²) in [5.74, 6) is -2.60. The lowest BCUT2D eigenvalue weighted by Gasteiger charge is -1.98. The monoisotopic (exact) mass is 224 g/mol. The van der Waals surface area contributed by atoms with Crippen molar-refractivity contribution in [1.29, 1.82) is 0 Å². The molecular weight excluding hydrogens is 217 g/mol. The third-order valence-electron chi connectivity index (χ3n) is 1.31. The minimum Gasteiger partial charge on any atom is -0.466 e. The van der Waals surface area contributed by atoms with Crippen molar-refractivity contribution in [3.8, 4) is 0 Å². The van der Waals surface area contributed by atoms with Gasteiger partial charge in [-0.2, -0.15) is 13.2 Å². The maximum absolute atomic E-state index is 12.0. The Morgan fingerprint density at radius 2 is 2.13 bits per heavy atom. The highest BCUT2D eigenvalue weighted by Gasteiger charge is 2.38. The van der Waals surface area contributed by atoms with Gasteiger partial charge in [0.05, 0.1) is 6.61 Å². The van der Waals surface area contributed by atoms with E-state index in [0.717, 1.165) is 0 Å². The summed E-state index contributed by atoms with van der Waals surface area (Å²) in [6, 6.07) is 0. The SMILES string of the molecule is CCOC(=O)Cc1nnc(C(F)(F)F)o1. The van der Waals surface area contributed by atoms with Gasteiger partial charge in [0.15, 0.2) is 0 Å². The van der Waals surface area contributed by atoms with E-state index in [2.05, 4.69) is 19.4 Å². The summed E-state index contributed by atoms with van der Waals surface area (Å²) in [6.07, 6.45) is -5.16. The van der Waals surface area contributed by atoms with Gasteiger partial charge in [-0.1, -0.05) is 0 Å². The Morgan fingerprint density at radius 3 is 2.60 bits per heavy atom. The first-order valence-electron chi connectivity index (χ1n) is 3.98. The lowest BCUT2D eigenvalue weighted by atomic mass is 10.4. The molecule has 0 saturated carbocycles. The zero-order valence-corrected chi connectivity index (χ0v) is 7.67. The first-order chi connectivity index (χ1) is 6.93. The molecule has 84 valence electrons. The quantitative estimate of drug-likeness (QED) is 0.721. The molecule has 0 atom stereocenters. The number of hydrogen-bond acceptors (Lipinski definition) is 5. The molecule has 0 unspecified atom stereocenters. The van der Waals surface area contributed by atoms with Crippen LogP contribution in [0.25, 0.3) is 0 Å². The van der Waals surface area contributed by atoms with Gasteiger partial charge < -0.3 is 9.15 Å². The van der Waals surface area contributed by atoms with Gasteiger partial charge in [-0.05, 0) is 6.92 Å². The van der Waals surface area contributed by atoms with Gasteiger partial charge in [0.25, 0.3) is 0 Å². The third-order valence-corrected chi connectivity index (χ3v) is 1.31. The zero-order valence-electron chi connectivity index (χ0n) is 7.67. The van der Waals surface area contributed by atoms with Crippen LogP contribution >= 0.6 is 0 Å². The number of hydrogen-bond donors (Lipinski definition) is 0. The highest BCUT2D eigenvalue weighted by molar-refractivity contribution is 5.71. The lowest BCUT2D eigenvalue weighted by Crippen LogP contribution is -2.07. The minimum absolute atomic E-state index is 0.138. The Morgan fingerprint density at radius 1 is 1.47 bits per heavy atom. The first kappa shape index (κ1) is 11.5. The molecule has 0 aromatic carbocycles. The molecule has 0 aliphatic heterocycles. The second-order valence-corrected chi connectivity index (χ2v) is 2.48. The van der Waals surface area contributed by atoms with Gasteiger partial charge in [0.1, 0.15) is 6.42 Å². The first-order valence-corrected chi connectivity index (χ1v) is 3.98. The molecule has 1 aromatic heterocycles. The van der Waals surface area contributed by atoms with Crippen molar-refractivity contribution < 1.29 is 27.1 Å². The zero-order chi connectivity index (χ0) is 11.5. The molecule has 1 aromatic rings. The average molecular weight is 224 g/mol. The smallest absolute Gasteiger partial charge is 0.466 e. The number of rotatable bonds is 3. The van der Waals surface area contributed by atoms with Crippen LogP contribution in [0.4, 0.5) is 13.2 Å². The van der Waals surface area contributed by atoms with Gasteiger partial charge in [-0.3, -0.25) is 4.79 Å². The fraction of sp³-hybridized carbons (Fsp3) is 0.571. The number of halogens is 3. The lowest BCUT2D eigenvalue weighted by molar-refractivity contribution is -0.158. The van der Waals surface area contributed by atoms with Crippen LogP contribution in [0, 0.1) is 0 Å². The molecule has 5 nitrogen and oxygen atoms in total. The molecule has 0 radical (unpaired) electrons. The van der Waals surface area contributed by atoms with Gasteiger partial charge in [0, 0.05) is 0 Å². The molecule has 0 spiro atoms. The van der Waals surface area contributed by atoms with E-state index in [9.17, 15) is 18.0 Å². The molecule has 0 amide bonds. The average Bonchev–Trinajstić information content (AvgIpc) is 2.52. The van der Waals surface area contributed by atoms with Crippen LogP contribution in [0.3, 0.4) is 0 Å². The van der Waals surface area contributed by atoms with Gasteiger partial charge in [-0.15, -0.1) is 10.2 Å². The summed E-state index contributed by atoms with van der Waals surface area (Å²) in [5, 5.41) is 5.82. The number of carbonyl (C=O) groups is 1. The normalized spacial score (nSPS) is 11.5. The number of ether oxygens (including phenoxy) is 1. The largest absolute Gasteiger partial charge is 0.470 e. The Kier molecular flexibility index (Phi) is 3.28. The maximum atomic E-state index is 12.0. The van der Waals surface area contributed by atoms with Crippen molar-refractivity contribution >= 4 is 5.97 Å². The van der Waals surface area contributed by atoms with Crippen LogP contribution in [-0.4, -0.2) is 22.8 Å². The summed E-state index contributed by atoms with van der Waals surface area (Å²) < 4.78 is 44.6. The van der Waals surface area contributed by atoms with Crippen LogP contribution in [0.1, 0.15) is 18.7 Å². The van der Waals surface area contributed by atoms with E-state index < -0.39 is 30.3 Å². The van der Waals surface area contributed by atoms with Crippen LogP contribution in [-0.2, 0) is 22.1 Å².